The molecule has 0 saturated heterocycles. The van der Waals surface area contributed by atoms with Gasteiger partial charge in [-0.25, -0.2) is 19.9 Å². The molecule has 0 bridgehead atoms. The number of hydrogen-bond acceptors (Lipinski definition) is 6. The number of benzene rings is 1. The van der Waals surface area contributed by atoms with E-state index in [4.69, 9.17) is 20.1 Å². The van der Waals surface area contributed by atoms with Crippen LogP contribution in [0.2, 0.25) is 0 Å². The molecule has 7 nitrogen and oxygen atoms in total. The minimum Gasteiger partial charge on any atom is -0.440 e. The van der Waals surface area contributed by atoms with Gasteiger partial charge in [0.25, 0.3) is 0 Å². The zero-order valence-electron chi connectivity index (χ0n) is 17.0. The van der Waals surface area contributed by atoms with Crippen LogP contribution in [0.1, 0.15) is 23.3 Å². The Morgan fingerprint density at radius 2 is 1.90 bits per heavy atom. The van der Waals surface area contributed by atoms with E-state index in [1.807, 2.05) is 31.2 Å². The zero-order valence-corrected chi connectivity index (χ0v) is 17.0. The van der Waals surface area contributed by atoms with Gasteiger partial charge >= 0.3 is 0 Å². The minimum absolute atomic E-state index is 0.434. The molecule has 5 aromatic rings. The van der Waals surface area contributed by atoms with Gasteiger partial charge in [0.05, 0.1) is 11.8 Å². The van der Waals surface area contributed by atoms with Gasteiger partial charge in [0, 0.05) is 11.9 Å². The first-order chi connectivity index (χ1) is 15.2. The Balaban J connectivity index is 1.64. The molecule has 6 rings (SSSR count). The molecule has 0 unspecified atom stereocenters. The SMILES string of the molecule is Cc1cnc(-c2ccc3nc(-c4cccnc4N)n(-c4ccc5c(c4)CCC5)c3n2)o1. The van der Waals surface area contributed by atoms with Crippen molar-refractivity contribution in [1.82, 2.24) is 24.5 Å². The third-order valence-corrected chi connectivity index (χ3v) is 5.76. The van der Waals surface area contributed by atoms with Crippen LogP contribution in [-0.2, 0) is 12.8 Å². The van der Waals surface area contributed by atoms with Gasteiger partial charge in [-0.05, 0) is 73.7 Å². The monoisotopic (exact) mass is 408 g/mol. The number of anilines is 1. The van der Waals surface area contributed by atoms with Gasteiger partial charge in [-0.15, -0.1) is 0 Å². The van der Waals surface area contributed by atoms with Crippen LogP contribution in [0.3, 0.4) is 0 Å². The molecule has 0 fully saturated rings. The highest BCUT2D eigenvalue weighted by atomic mass is 16.4. The van der Waals surface area contributed by atoms with E-state index in [0.717, 1.165) is 41.0 Å². The molecule has 31 heavy (non-hydrogen) atoms. The number of nitrogens with two attached hydrogens (primary N) is 1. The number of nitrogens with zero attached hydrogens (tertiary/aromatic N) is 5. The molecular formula is C24H20N6O. The van der Waals surface area contributed by atoms with Crippen molar-refractivity contribution in [2.24, 2.45) is 0 Å². The molecule has 152 valence electrons. The molecular weight excluding hydrogens is 388 g/mol. The number of fused-ring (bicyclic) bond motifs is 2. The second-order valence-corrected chi connectivity index (χ2v) is 7.83. The summed E-state index contributed by atoms with van der Waals surface area (Å²) in [6.07, 6.45) is 6.80. The first kappa shape index (κ1) is 17.8. The predicted octanol–water partition coefficient (Wildman–Crippen LogP) is 4.52. The van der Waals surface area contributed by atoms with Crippen LogP contribution in [0.5, 0.6) is 0 Å². The van der Waals surface area contributed by atoms with Gasteiger partial charge in [-0.1, -0.05) is 6.07 Å². The maximum Gasteiger partial charge on any atom is 0.245 e. The van der Waals surface area contributed by atoms with Gasteiger partial charge in [0.15, 0.2) is 11.5 Å². The lowest BCUT2D eigenvalue weighted by Crippen LogP contribution is -2.03. The average Bonchev–Trinajstić information content (AvgIpc) is 3.50. The molecule has 7 heteroatoms. The Kier molecular flexibility index (Phi) is 3.89. The fourth-order valence-electron chi connectivity index (χ4n) is 4.28. The molecule has 4 aromatic heterocycles. The lowest BCUT2D eigenvalue weighted by Gasteiger charge is -2.12. The Morgan fingerprint density at radius 1 is 1.00 bits per heavy atom. The third-order valence-electron chi connectivity index (χ3n) is 5.76. The van der Waals surface area contributed by atoms with E-state index in [2.05, 4.69) is 32.7 Å². The number of pyridine rings is 2. The van der Waals surface area contributed by atoms with E-state index in [9.17, 15) is 0 Å². The molecule has 2 N–H and O–H groups in total. The second-order valence-electron chi connectivity index (χ2n) is 7.83. The summed E-state index contributed by atoms with van der Waals surface area (Å²) < 4.78 is 7.76. The standard InChI is InChI=1S/C24H20N6O/c1-14-13-27-24(31-14)20-10-9-19-23(29-20)30(17-8-7-15-4-2-5-16(15)12-17)22(28-19)18-6-3-11-26-21(18)25/h3,6-13H,2,4-5H2,1H3,(H2,25,26). The van der Waals surface area contributed by atoms with Crippen molar-refractivity contribution in [3.8, 4) is 28.7 Å². The number of aryl methyl sites for hydroxylation is 3. The zero-order chi connectivity index (χ0) is 20.9. The number of nitrogen functional groups attached to an aromatic ring is 1. The topological polar surface area (TPSA) is 95.7 Å². The van der Waals surface area contributed by atoms with E-state index in [1.54, 1.807) is 12.4 Å². The fraction of sp³-hybridized carbons (Fsp3) is 0.167. The van der Waals surface area contributed by atoms with Crippen molar-refractivity contribution < 1.29 is 4.42 Å². The summed E-state index contributed by atoms with van der Waals surface area (Å²) in [6, 6.07) is 14.2. The molecule has 0 saturated carbocycles. The maximum atomic E-state index is 6.23. The Hall–Kier alpha value is -4.00. The van der Waals surface area contributed by atoms with E-state index in [1.165, 1.54) is 17.5 Å². The van der Waals surface area contributed by atoms with Crippen LogP contribution >= 0.6 is 0 Å². The van der Waals surface area contributed by atoms with Gasteiger partial charge in [-0.2, -0.15) is 0 Å². The molecule has 1 aliphatic carbocycles. The van der Waals surface area contributed by atoms with Gasteiger partial charge < -0.3 is 10.2 Å². The van der Waals surface area contributed by atoms with Crippen LogP contribution in [-0.4, -0.2) is 24.5 Å². The van der Waals surface area contributed by atoms with E-state index in [-0.39, 0.29) is 0 Å². The van der Waals surface area contributed by atoms with Crippen molar-refractivity contribution in [1.29, 1.82) is 0 Å². The van der Waals surface area contributed by atoms with Crippen LogP contribution < -0.4 is 5.73 Å². The van der Waals surface area contributed by atoms with Crippen molar-refractivity contribution in [3.63, 3.8) is 0 Å². The number of aromatic nitrogens is 5. The summed E-state index contributed by atoms with van der Waals surface area (Å²) in [7, 11) is 0. The van der Waals surface area contributed by atoms with Crippen LogP contribution in [0.25, 0.3) is 39.8 Å². The summed E-state index contributed by atoms with van der Waals surface area (Å²) in [4.78, 5) is 18.4. The number of imidazole rings is 1. The van der Waals surface area contributed by atoms with Gasteiger partial charge in [0.2, 0.25) is 5.89 Å². The van der Waals surface area contributed by atoms with Gasteiger partial charge in [-0.3, -0.25) is 4.57 Å². The molecule has 0 radical (unpaired) electrons. The lowest BCUT2D eigenvalue weighted by atomic mass is 10.1. The molecule has 0 atom stereocenters. The smallest absolute Gasteiger partial charge is 0.245 e. The molecule has 0 amide bonds. The molecule has 1 aliphatic rings. The van der Waals surface area contributed by atoms with Crippen LogP contribution in [0.15, 0.2) is 59.3 Å². The minimum atomic E-state index is 0.434. The number of rotatable bonds is 3. The maximum absolute atomic E-state index is 6.23. The summed E-state index contributed by atoms with van der Waals surface area (Å²) >= 11 is 0. The lowest BCUT2D eigenvalue weighted by molar-refractivity contribution is 0.540. The summed E-state index contributed by atoms with van der Waals surface area (Å²) in [5.41, 5.74) is 13.0. The number of hydrogen-bond donors (Lipinski definition) is 1. The fourth-order valence-corrected chi connectivity index (χ4v) is 4.28. The van der Waals surface area contributed by atoms with Gasteiger partial charge in [0.1, 0.15) is 22.8 Å². The summed E-state index contributed by atoms with van der Waals surface area (Å²) in [5, 5.41) is 0. The Morgan fingerprint density at radius 3 is 2.74 bits per heavy atom. The highest BCUT2D eigenvalue weighted by Crippen LogP contribution is 2.33. The van der Waals surface area contributed by atoms with E-state index < -0.39 is 0 Å². The first-order valence-corrected chi connectivity index (χ1v) is 10.3. The normalized spacial score (nSPS) is 13.1. The summed E-state index contributed by atoms with van der Waals surface area (Å²) in [5.74, 6) is 2.38. The molecule has 4 heterocycles. The average molecular weight is 408 g/mol. The van der Waals surface area contributed by atoms with Crippen molar-refractivity contribution in [2.75, 3.05) is 5.73 Å². The highest BCUT2D eigenvalue weighted by molar-refractivity contribution is 5.84. The van der Waals surface area contributed by atoms with Crippen molar-refractivity contribution >= 4 is 17.0 Å². The molecule has 0 aliphatic heterocycles. The van der Waals surface area contributed by atoms with Crippen molar-refractivity contribution in [3.05, 3.63) is 71.7 Å². The quantitative estimate of drug-likeness (QED) is 0.472. The van der Waals surface area contributed by atoms with Crippen LogP contribution in [0, 0.1) is 6.92 Å². The first-order valence-electron chi connectivity index (χ1n) is 10.3. The van der Waals surface area contributed by atoms with E-state index >= 15 is 0 Å². The van der Waals surface area contributed by atoms with Crippen molar-refractivity contribution in [2.45, 2.75) is 26.2 Å². The molecule has 1 aromatic carbocycles. The Labute approximate surface area is 178 Å². The number of oxazole rings is 1. The largest absolute Gasteiger partial charge is 0.440 e. The third kappa shape index (κ3) is 2.89. The Bertz CT molecular complexity index is 1450. The van der Waals surface area contributed by atoms with E-state index in [0.29, 0.717) is 23.2 Å². The van der Waals surface area contributed by atoms with Crippen LogP contribution in [0.4, 0.5) is 5.82 Å². The predicted molar refractivity (Wildman–Crippen MR) is 119 cm³/mol. The second kappa shape index (κ2) is 6.77. The molecule has 0 spiro atoms. The highest BCUT2D eigenvalue weighted by Gasteiger charge is 2.21. The summed E-state index contributed by atoms with van der Waals surface area (Å²) in [6.45, 7) is 1.87.